The number of thiophene rings is 1. The molecule has 0 aromatic carbocycles. The number of carbonyl (C=O) groups excluding carboxylic acids is 1. The van der Waals surface area contributed by atoms with E-state index in [1.165, 1.54) is 11.3 Å². The van der Waals surface area contributed by atoms with E-state index in [9.17, 15) is 4.79 Å². The molecule has 0 aliphatic rings. The smallest absolute Gasteiger partial charge is 0.169 e. The zero-order valence-electron chi connectivity index (χ0n) is 8.41. The number of halogens is 3. The van der Waals surface area contributed by atoms with Gasteiger partial charge in [-0.1, -0.05) is 0 Å². The summed E-state index contributed by atoms with van der Waals surface area (Å²) < 4.78 is 2.69. The minimum absolute atomic E-state index is 0.0822. The van der Waals surface area contributed by atoms with Crippen molar-refractivity contribution in [3.63, 3.8) is 0 Å². The first-order chi connectivity index (χ1) is 8.06. The van der Waals surface area contributed by atoms with Crippen LogP contribution in [0.2, 0.25) is 0 Å². The maximum Gasteiger partial charge on any atom is 0.169 e. The molecule has 6 heteroatoms. The van der Waals surface area contributed by atoms with E-state index >= 15 is 0 Å². The normalized spacial score (nSPS) is 10.5. The Morgan fingerprint density at radius 2 is 2.00 bits per heavy atom. The van der Waals surface area contributed by atoms with Crippen molar-refractivity contribution < 1.29 is 4.79 Å². The maximum atomic E-state index is 12.1. The van der Waals surface area contributed by atoms with Crippen molar-refractivity contribution in [3.05, 3.63) is 47.7 Å². The molecule has 0 saturated heterocycles. The fraction of sp³-hybridized carbons (Fsp3) is 0.0909. The van der Waals surface area contributed by atoms with Crippen LogP contribution in [0.3, 0.4) is 0 Å². The molecule has 0 atom stereocenters. The highest BCUT2D eigenvalue weighted by Crippen LogP contribution is 2.32. The molecule has 0 fully saturated rings. The zero-order valence-corrected chi connectivity index (χ0v) is 14.0. The van der Waals surface area contributed by atoms with Gasteiger partial charge in [-0.25, -0.2) is 0 Å². The van der Waals surface area contributed by atoms with Crippen molar-refractivity contribution in [2.75, 3.05) is 0 Å². The first kappa shape index (κ1) is 13.4. The summed E-state index contributed by atoms with van der Waals surface area (Å²) in [5, 5.41) is 0. The van der Waals surface area contributed by atoms with Crippen LogP contribution in [0.25, 0.3) is 0 Å². The minimum atomic E-state index is 0.0822. The topological polar surface area (TPSA) is 30.0 Å². The Morgan fingerprint density at radius 1 is 1.24 bits per heavy atom. The lowest BCUT2D eigenvalue weighted by molar-refractivity contribution is 0.0992. The minimum Gasteiger partial charge on any atom is -0.294 e. The molecule has 2 aromatic rings. The largest absolute Gasteiger partial charge is 0.294 e. The standard InChI is InChI=1S/C11H6Br3NOS/c12-7-1-6(4-15-5-7)2-9(16)8-3-10(13)17-11(8)14/h1,3-5H,2H2. The molecule has 0 spiro atoms. The number of Topliss-reactive ketones (excluding diaryl/α,β-unsaturated/α-hetero) is 1. The van der Waals surface area contributed by atoms with Gasteiger partial charge in [-0.15, -0.1) is 11.3 Å². The SMILES string of the molecule is O=C(Cc1cncc(Br)c1)c1cc(Br)sc1Br. The van der Waals surface area contributed by atoms with Crippen molar-refractivity contribution in [2.45, 2.75) is 6.42 Å². The van der Waals surface area contributed by atoms with E-state index in [2.05, 4.69) is 52.8 Å². The molecule has 0 saturated carbocycles. The van der Waals surface area contributed by atoms with Gasteiger partial charge >= 0.3 is 0 Å². The molecule has 2 nitrogen and oxygen atoms in total. The van der Waals surface area contributed by atoms with E-state index in [4.69, 9.17) is 0 Å². The van der Waals surface area contributed by atoms with Crippen molar-refractivity contribution in [1.82, 2.24) is 4.98 Å². The Morgan fingerprint density at radius 3 is 2.59 bits per heavy atom. The molecule has 2 heterocycles. The quantitative estimate of drug-likeness (QED) is 0.639. The van der Waals surface area contributed by atoms with Gasteiger partial charge in [0.25, 0.3) is 0 Å². The number of nitrogens with zero attached hydrogens (tertiary/aromatic N) is 1. The molecule has 2 aromatic heterocycles. The summed E-state index contributed by atoms with van der Waals surface area (Å²) in [5.74, 6) is 0.0822. The Kier molecular flexibility index (Phi) is 4.52. The summed E-state index contributed by atoms with van der Waals surface area (Å²) in [7, 11) is 0. The molecule has 0 N–H and O–H groups in total. The molecular formula is C11H6Br3NOS. The lowest BCUT2D eigenvalue weighted by atomic mass is 10.1. The highest BCUT2D eigenvalue weighted by Gasteiger charge is 2.14. The summed E-state index contributed by atoms with van der Waals surface area (Å²) in [4.78, 5) is 16.1. The molecule has 0 aliphatic carbocycles. The number of hydrogen-bond acceptors (Lipinski definition) is 3. The number of pyridine rings is 1. The van der Waals surface area contributed by atoms with E-state index in [0.717, 1.165) is 17.6 Å². The number of carbonyl (C=O) groups is 1. The number of rotatable bonds is 3. The van der Waals surface area contributed by atoms with Gasteiger partial charge in [0.2, 0.25) is 0 Å². The third kappa shape index (κ3) is 3.47. The summed E-state index contributed by atoms with van der Waals surface area (Å²) in [5.41, 5.74) is 1.61. The molecule has 0 unspecified atom stereocenters. The second-order valence-corrected chi connectivity index (χ2v) is 8.01. The van der Waals surface area contributed by atoms with Crippen molar-refractivity contribution in [2.24, 2.45) is 0 Å². The molecule has 0 aliphatic heterocycles. The number of aromatic nitrogens is 1. The Labute approximate surface area is 128 Å². The molecule has 0 radical (unpaired) electrons. The average molecular weight is 440 g/mol. The predicted octanol–water partition coefficient (Wildman–Crippen LogP) is 4.86. The predicted molar refractivity (Wildman–Crippen MR) is 79.7 cm³/mol. The van der Waals surface area contributed by atoms with E-state index < -0.39 is 0 Å². The van der Waals surface area contributed by atoms with Crippen LogP contribution in [0.4, 0.5) is 0 Å². The lowest BCUT2D eigenvalue weighted by Gasteiger charge is -2.00. The first-order valence-corrected chi connectivity index (χ1v) is 7.83. The van der Waals surface area contributed by atoms with Crippen molar-refractivity contribution >= 4 is 64.9 Å². The molecular weight excluding hydrogens is 434 g/mol. The van der Waals surface area contributed by atoms with Crippen LogP contribution in [-0.4, -0.2) is 10.8 Å². The Balaban J connectivity index is 2.20. The summed E-state index contributed by atoms with van der Waals surface area (Å²) in [6.07, 6.45) is 3.76. The van der Waals surface area contributed by atoms with Crippen LogP contribution in [-0.2, 0) is 6.42 Å². The van der Waals surface area contributed by atoms with Gasteiger partial charge in [0.15, 0.2) is 5.78 Å². The van der Waals surface area contributed by atoms with Gasteiger partial charge in [0.1, 0.15) is 0 Å². The second-order valence-electron chi connectivity index (χ2n) is 3.35. The maximum absolute atomic E-state index is 12.1. The highest BCUT2D eigenvalue weighted by molar-refractivity contribution is 9.12. The van der Waals surface area contributed by atoms with Gasteiger partial charge in [-0.05, 0) is 65.5 Å². The van der Waals surface area contributed by atoms with Crippen LogP contribution in [0.1, 0.15) is 15.9 Å². The van der Waals surface area contributed by atoms with Crippen LogP contribution in [0.15, 0.2) is 36.6 Å². The van der Waals surface area contributed by atoms with Gasteiger partial charge < -0.3 is 0 Å². The van der Waals surface area contributed by atoms with Gasteiger partial charge in [0, 0.05) is 28.9 Å². The fourth-order valence-electron chi connectivity index (χ4n) is 1.36. The van der Waals surface area contributed by atoms with Crippen LogP contribution >= 0.6 is 59.1 Å². The van der Waals surface area contributed by atoms with E-state index in [0.29, 0.717) is 12.0 Å². The van der Waals surface area contributed by atoms with E-state index in [1.807, 2.05) is 12.1 Å². The molecule has 17 heavy (non-hydrogen) atoms. The molecule has 0 amide bonds. The molecule has 88 valence electrons. The van der Waals surface area contributed by atoms with Crippen LogP contribution in [0.5, 0.6) is 0 Å². The van der Waals surface area contributed by atoms with Crippen molar-refractivity contribution in [1.29, 1.82) is 0 Å². The third-order valence-electron chi connectivity index (χ3n) is 2.08. The van der Waals surface area contributed by atoms with E-state index in [1.54, 1.807) is 12.4 Å². The summed E-state index contributed by atoms with van der Waals surface area (Å²) in [6.45, 7) is 0. The third-order valence-corrected chi connectivity index (χ3v) is 4.86. The number of ketones is 1. The Hall–Kier alpha value is -0.0400. The Bertz CT molecular complexity index is 568. The monoisotopic (exact) mass is 437 g/mol. The lowest BCUT2D eigenvalue weighted by Crippen LogP contribution is -2.03. The molecule has 0 bridgehead atoms. The fourth-order valence-corrected chi connectivity index (χ4v) is 4.63. The second kappa shape index (κ2) is 5.73. The van der Waals surface area contributed by atoms with Gasteiger partial charge in [0.05, 0.1) is 7.57 Å². The van der Waals surface area contributed by atoms with Gasteiger partial charge in [-0.2, -0.15) is 0 Å². The van der Waals surface area contributed by atoms with Gasteiger partial charge in [-0.3, -0.25) is 9.78 Å². The van der Waals surface area contributed by atoms with Crippen molar-refractivity contribution in [3.8, 4) is 0 Å². The number of hydrogen-bond donors (Lipinski definition) is 0. The first-order valence-electron chi connectivity index (χ1n) is 4.63. The zero-order chi connectivity index (χ0) is 12.4. The van der Waals surface area contributed by atoms with Crippen LogP contribution < -0.4 is 0 Å². The highest BCUT2D eigenvalue weighted by atomic mass is 79.9. The van der Waals surface area contributed by atoms with E-state index in [-0.39, 0.29) is 5.78 Å². The van der Waals surface area contributed by atoms with Crippen LogP contribution in [0, 0.1) is 0 Å². The average Bonchev–Trinajstić information content (AvgIpc) is 2.58. The molecule has 2 rings (SSSR count). The summed E-state index contributed by atoms with van der Waals surface area (Å²) in [6, 6.07) is 3.74. The summed E-state index contributed by atoms with van der Waals surface area (Å²) >= 11 is 11.6.